The van der Waals surface area contributed by atoms with Gasteiger partial charge >= 0.3 is 0 Å². The predicted octanol–water partition coefficient (Wildman–Crippen LogP) is 5.30. The molecule has 2 aromatic carbocycles. The number of nitrogens with zero attached hydrogens (tertiary/aromatic N) is 1. The Balaban J connectivity index is 1.79. The van der Waals surface area contributed by atoms with Crippen molar-refractivity contribution in [1.29, 1.82) is 0 Å². The van der Waals surface area contributed by atoms with Crippen molar-refractivity contribution in [2.24, 2.45) is 4.99 Å². The normalized spacial score (nSPS) is 17.1. The highest BCUT2D eigenvalue weighted by Crippen LogP contribution is 2.24. The summed E-state index contributed by atoms with van der Waals surface area (Å²) in [6.45, 7) is 3.14. The number of halogens is 2. The van der Waals surface area contributed by atoms with Crippen LogP contribution in [0.3, 0.4) is 0 Å². The van der Waals surface area contributed by atoms with Crippen molar-refractivity contribution in [3.63, 3.8) is 0 Å². The molecular weight excluding hydrogens is 456 g/mol. The number of hydrogen-bond acceptors (Lipinski definition) is 4. The van der Waals surface area contributed by atoms with Gasteiger partial charge in [-0.25, -0.2) is 4.99 Å². The lowest BCUT2D eigenvalue weighted by Crippen LogP contribution is -2.34. The average molecular weight is 476 g/mol. The molecule has 3 aromatic rings. The van der Waals surface area contributed by atoms with E-state index >= 15 is 0 Å². The van der Waals surface area contributed by atoms with Crippen molar-refractivity contribution < 1.29 is 13.9 Å². The second-order valence-corrected chi connectivity index (χ2v) is 8.39. The Kier molecular flexibility index (Phi) is 6.04. The van der Waals surface area contributed by atoms with Crippen molar-refractivity contribution in [3.05, 3.63) is 68.6 Å². The molecule has 7 heteroatoms. The summed E-state index contributed by atoms with van der Waals surface area (Å²) < 4.78 is 12.5. The minimum atomic E-state index is -0.246. The van der Waals surface area contributed by atoms with E-state index in [9.17, 15) is 4.79 Å². The highest BCUT2D eigenvalue weighted by molar-refractivity contribution is 9.10. The first kappa shape index (κ1) is 20.1. The van der Waals surface area contributed by atoms with Crippen LogP contribution in [0.1, 0.15) is 28.8 Å². The summed E-state index contributed by atoms with van der Waals surface area (Å²) in [6, 6.07) is 12.9. The van der Waals surface area contributed by atoms with Gasteiger partial charge in [0.1, 0.15) is 11.1 Å². The third-order valence-corrected chi connectivity index (χ3v) is 5.59. The van der Waals surface area contributed by atoms with Crippen LogP contribution in [0.4, 0.5) is 5.69 Å². The predicted molar refractivity (Wildman–Crippen MR) is 117 cm³/mol. The number of hydrogen-bond donors (Lipinski definition) is 1. The molecule has 1 fully saturated rings. The number of rotatable bonds is 4. The van der Waals surface area contributed by atoms with Crippen LogP contribution in [-0.4, -0.2) is 25.2 Å². The van der Waals surface area contributed by atoms with Crippen LogP contribution in [0, 0.1) is 6.92 Å². The summed E-state index contributed by atoms with van der Waals surface area (Å²) in [6.07, 6.45) is 2.03. The first-order valence-electron chi connectivity index (χ1n) is 9.44. The van der Waals surface area contributed by atoms with Gasteiger partial charge in [0.25, 0.3) is 5.91 Å². The van der Waals surface area contributed by atoms with Gasteiger partial charge in [-0.05, 0) is 61.7 Å². The van der Waals surface area contributed by atoms with Gasteiger partial charge in [0.05, 0.1) is 11.8 Å². The molecule has 1 N–H and O–H groups in total. The molecule has 2 heterocycles. The maximum Gasteiger partial charge on any atom is 0.256 e. The van der Waals surface area contributed by atoms with Crippen LogP contribution < -0.4 is 10.9 Å². The van der Waals surface area contributed by atoms with Crippen LogP contribution in [0.5, 0.6) is 0 Å². The van der Waals surface area contributed by atoms with E-state index in [2.05, 4.69) is 26.2 Å². The summed E-state index contributed by atoms with van der Waals surface area (Å²) in [4.78, 5) is 17.6. The molecule has 0 spiro atoms. The van der Waals surface area contributed by atoms with E-state index in [0.717, 1.165) is 34.9 Å². The molecule has 1 aliphatic heterocycles. The van der Waals surface area contributed by atoms with Crippen molar-refractivity contribution in [2.75, 3.05) is 13.2 Å². The molecule has 0 radical (unpaired) electrons. The first-order chi connectivity index (χ1) is 14.0. The molecule has 0 unspecified atom stereocenters. The number of carbonyl (C=O) groups excluding carboxylic acids is 1. The van der Waals surface area contributed by atoms with Crippen molar-refractivity contribution in [1.82, 2.24) is 5.32 Å². The van der Waals surface area contributed by atoms with Crippen LogP contribution in [-0.2, 0) is 4.74 Å². The minimum absolute atomic E-state index is 0.0565. The number of carbonyl (C=O) groups is 1. The Morgan fingerprint density at radius 3 is 2.93 bits per heavy atom. The second kappa shape index (κ2) is 8.69. The molecule has 29 heavy (non-hydrogen) atoms. The van der Waals surface area contributed by atoms with Gasteiger partial charge in [-0.1, -0.05) is 33.6 Å². The molecule has 1 saturated heterocycles. The van der Waals surface area contributed by atoms with Crippen molar-refractivity contribution in [2.45, 2.75) is 25.9 Å². The summed E-state index contributed by atoms with van der Waals surface area (Å²) >= 11 is 9.59. The third kappa shape index (κ3) is 4.71. The molecule has 1 atom stereocenters. The second-order valence-electron chi connectivity index (χ2n) is 7.04. The van der Waals surface area contributed by atoms with Gasteiger partial charge < -0.3 is 14.5 Å². The smallest absolute Gasteiger partial charge is 0.256 e. The van der Waals surface area contributed by atoms with E-state index in [0.29, 0.717) is 28.4 Å². The molecule has 4 rings (SSSR count). The molecular formula is C22H20BrClN2O3. The highest BCUT2D eigenvalue weighted by atomic mass is 79.9. The van der Waals surface area contributed by atoms with Crippen molar-refractivity contribution >= 4 is 50.1 Å². The molecule has 0 aliphatic carbocycles. The quantitative estimate of drug-likeness (QED) is 0.557. The zero-order valence-electron chi connectivity index (χ0n) is 15.9. The zero-order valence-corrected chi connectivity index (χ0v) is 18.2. The van der Waals surface area contributed by atoms with Gasteiger partial charge in [0.15, 0.2) is 0 Å². The lowest BCUT2D eigenvalue weighted by Gasteiger charge is -2.11. The number of benzene rings is 2. The Bertz CT molecular complexity index is 1140. The number of fused-ring (bicyclic) bond motifs is 1. The summed E-state index contributed by atoms with van der Waals surface area (Å²) in [5.74, 6) is -0.246. The van der Waals surface area contributed by atoms with E-state index in [4.69, 9.17) is 20.8 Å². The van der Waals surface area contributed by atoms with Gasteiger partial charge in [-0.3, -0.25) is 4.79 Å². The topological polar surface area (TPSA) is 63.8 Å². The largest absolute Gasteiger partial charge is 0.438 e. The van der Waals surface area contributed by atoms with Gasteiger partial charge in [-0.2, -0.15) is 0 Å². The Morgan fingerprint density at radius 1 is 1.28 bits per heavy atom. The summed E-state index contributed by atoms with van der Waals surface area (Å²) in [5, 5.41) is 4.33. The Morgan fingerprint density at radius 2 is 2.14 bits per heavy atom. The minimum Gasteiger partial charge on any atom is -0.438 e. The van der Waals surface area contributed by atoms with Crippen molar-refractivity contribution in [3.8, 4) is 0 Å². The first-order valence-corrected chi connectivity index (χ1v) is 10.6. The van der Waals surface area contributed by atoms with Crippen LogP contribution in [0.25, 0.3) is 11.0 Å². The lowest BCUT2D eigenvalue weighted by atomic mass is 10.1. The fraction of sp³-hybridized carbons (Fsp3) is 0.273. The zero-order chi connectivity index (χ0) is 20.4. The lowest BCUT2D eigenvalue weighted by molar-refractivity contribution is 0.0854. The standard InChI is InChI=1S/C22H20BrClN2O3/c1-13-4-6-16(24)11-19(13)26-22-18(21(27)25-12-17-3-2-8-28-17)10-14-9-15(23)5-7-20(14)29-22/h4-7,9-11,17H,2-3,8,12H2,1H3,(H,25,27)/t17-/m1/s1. The summed E-state index contributed by atoms with van der Waals surface area (Å²) in [5.41, 5.74) is 2.85. The van der Waals surface area contributed by atoms with E-state index in [1.54, 1.807) is 18.2 Å². The van der Waals surface area contributed by atoms with E-state index < -0.39 is 0 Å². The van der Waals surface area contributed by atoms with E-state index in [1.807, 2.05) is 31.2 Å². The van der Waals surface area contributed by atoms with Gasteiger partial charge in [0.2, 0.25) is 5.55 Å². The fourth-order valence-corrected chi connectivity index (χ4v) is 3.81. The third-order valence-electron chi connectivity index (χ3n) is 4.86. The van der Waals surface area contributed by atoms with Gasteiger partial charge in [0, 0.05) is 28.0 Å². The molecule has 0 bridgehead atoms. The van der Waals surface area contributed by atoms with E-state index in [-0.39, 0.29) is 17.6 Å². The number of aryl methyl sites for hydroxylation is 1. The van der Waals surface area contributed by atoms with E-state index in [1.165, 1.54) is 0 Å². The molecule has 1 aromatic heterocycles. The molecule has 150 valence electrons. The highest BCUT2D eigenvalue weighted by Gasteiger charge is 2.18. The number of nitrogens with one attached hydrogen (secondary N) is 1. The van der Waals surface area contributed by atoms with Crippen LogP contribution in [0.2, 0.25) is 5.02 Å². The molecule has 5 nitrogen and oxygen atoms in total. The molecule has 0 saturated carbocycles. The molecule has 1 amide bonds. The SMILES string of the molecule is Cc1ccc(Cl)cc1N=c1oc2ccc(Br)cc2cc1C(=O)NC[C@H]1CCCO1. The average Bonchev–Trinajstić information content (AvgIpc) is 3.22. The van der Waals surface area contributed by atoms with Gasteiger partial charge in [-0.15, -0.1) is 0 Å². The van der Waals surface area contributed by atoms with Crippen LogP contribution >= 0.6 is 27.5 Å². The molecule has 1 aliphatic rings. The maximum absolute atomic E-state index is 13.0. The van der Waals surface area contributed by atoms with Crippen LogP contribution in [0.15, 0.2) is 56.3 Å². The Hall–Kier alpha value is -2.15. The maximum atomic E-state index is 13.0. The monoisotopic (exact) mass is 474 g/mol. The Labute approximate surface area is 181 Å². The number of ether oxygens (including phenoxy) is 1. The number of amides is 1. The summed E-state index contributed by atoms with van der Waals surface area (Å²) in [7, 11) is 0. The fourth-order valence-electron chi connectivity index (χ4n) is 3.27.